The molecule has 1 saturated heterocycles. The summed E-state index contributed by atoms with van der Waals surface area (Å²) in [5.74, 6) is 0. The Kier molecular flexibility index (Phi) is 6.58. The summed E-state index contributed by atoms with van der Waals surface area (Å²) >= 11 is -0.0224. The zero-order chi connectivity index (χ0) is 13.5. The largest absolute Gasteiger partial charge is 1.00 e. The van der Waals surface area contributed by atoms with Crippen LogP contribution in [0.25, 0.3) is 6.08 Å². The van der Waals surface area contributed by atoms with Crippen molar-refractivity contribution in [3.63, 3.8) is 0 Å². The summed E-state index contributed by atoms with van der Waals surface area (Å²) in [6.07, 6.45) is 12.9. The predicted molar refractivity (Wildman–Crippen MR) is 84.9 cm³/mol. The molecule has 4 rings (SSSR count). The average Bonchev–Trinajstić information content (AvgIpc) is 2.98. The van der Waals surface area contributed by atoms with Gasteiger partial charge in [-0.2, -0.15) is 0 Å². The standard InChI is InChI=1S/C9H12P.C9H7.2ClH.Ti/c1-2-6-10-7-8-4-3-5-9(8)10;1-2-5-9-7-3-6-8(9)4-1;;;/h4H,2-3,6-7H2,1H3;1-7H;2*1H;/q;;;;+2/p-2. The van der Waals surface area contributed by atoms with Crippen molar-refractivity contribution >= 4 is 14.0 Å². The maximum atomic E-state index is 2.53. The molecule has 0 aromatic heterocycles. The minimum absolute atomic E-state index is 0. The van der Waals surface area contributed by atoms with Crippen molar-refractivity contribution in [3.8, 4) is 0 Å². The van der Waals surface area contributed by atoms with Crippen LogP contribution in [0.2, 0.25) is 0 Å². The van der Waals surface area contributed by atoms with Crippen LogP contribution in [0.1, 0.15) is 35.1 Å². The molecule has 1 heterocycles. The molecule has 1 aromatic carbocycles. The Labute approximate surface area is 156 Å². The van der Waals surface area contributed by atoms with Crippen LogP contribution in [0, 0.1) is 0 Å². The molecule has 1 fully saturated rings. The molecule has 2 aliphatic carbocycles. The smallest absolute Gasteiger partial charge is 1.00 e. The molecule has 0 radical (unpaired) electrons. The van der Waals surface area contributed by atoms with E-state index < -0.39 is 0 Å². The molecular formula is C18H19Cl2PTi. The summed E-state index contributed by atoms with van der Waals surface area (Å²) < 4.78 is 2.64. The van der Waals surface area contributed by atoms with Gasteiger partial charge >= 0.3 is 132 Å². The molecule has 0 spiro atoms. The van der Waals surface area contributed by atoms with Crippen molar-refractivity contribution in [2.75, 3.05) is 12.3 Å². The number of halogens is 2. The Hall–Kier alpha value is 0.164. The summed E-state index contributed by atoms with van der Waals surface area (Å²) in [5, 5.41) is 1.87. The van der Waals surface area contributed by atoms with E-state index in [0.29, 0.717) is 0 Å². The molecule has 114 valence electrons. The van der Waals surface area contributed by atoms with Gasteiger partial charge in [0.1, 0.15) is 0 Å². The van der Waals surface area contributed by atoms with Crippen LogP contribution in [0.3, 0.4) is 0 Å². The third-order valence-electron chi connectivity index (χ3n) is 4.44. The van der Waals surface area contributed by atoms with E-state index in [0.717, 1.165) is 4.22 Å². The second kappa shape index (κ2) is 7.82. The van der Waals surface area contributed by atoms with Crippen LogP contribution in [0.4, 0.5) is 0 Å². The van der Waals surface area contributed by atoms with Gasteiger partial charge in [0.25, 0.3) is 0 Å². The van der Waals surface area contributed by atoms with Gasteiger partial charge in [0.05, 0.1) is 0 Å². The van der Waals surface area contributed by atoms with Crippen LogP contribution in [-0.4, -0.2) is 12.3 Å². The monoisotopic (exact) mass is 384 g/mol. The van der Waals surface area contributed by atoms with E-state index in [9.17, 15) is 0 Å². The quantitative estimate of drug-likeness (QED) is 0.475. The van der Waals surface area contributed by atoms with E-state index >= 15 is 0 Å². The third kappa shape index (κ3) is 3.19. The Balaban J connectivity index is 0.000000882. The van der Waals surface area contributed by atoms with Crippen LogP contribution < -0.4 is 24.8 Å². The number of hydrogen-bond acceptors (Lipinski definition) is 0. The third-order valence-corrected chi connectivity index (χ3v) is 10.2. The molecule has 0 N–H and O–H groups in total. The van der Waals surface area contributed by atoms with Gasteiger partial charge in [-0.05, 0) is 0 Å². The van der Waals surface area contributed by atoms with E-state index in [1.54, 1.807) is 11.1 Å². The van der Waals surface area contributed by atoms with Crippen molar-refractivity contribution in [3.05, 3.63) is 62.3 Å². The van der Waals surface area contributed by atoms with Gasteiger partial charge in [-0.3, -0.25) is 0 Å². The fourth-order valence-electron chi connectivity index (χ4n) is 3.49. The van der Waals surface area contributed by atoms with E-state index in [4.69, 9.17) is 0 Å². The maximum Gasteiger partial charge on any atom is -1.00 e. The molecule has 0 nitrogen and oxygen atoms in total. The van der Waals surface area contributed by atoms with E-state index in [2.05, 4.69) is 49.4 Å². The van der Waals surface area contributed by atoms with Crippen LogP contribution in [0.15, 0.2) is 51.2 Å². The fourth-order valence-corrected chi connectivity index (χ4v) is 9.40. The Morgan fingerprint density at radius 3 is 2.86 bits per heavy atom. The molecule has 1 aromatic rings. The Bertz CT molecular complexity index is 648. The Morgan fingerprint density at radius 1 is 1.23 bits per heavy atom. The van der Waals surface area contributed by atoms with Crippen LogP contribution in [0.5, 0.6) is 0 Å². The normalized spacial score (nSPS) is 23.6. The topological polar surface area (TPSA) is 0 Å². The fraction of sp³-hybridized carbons (Fsp3) is 0.333. The average molecular weight is 385 g/mol. The molecule has 2 atom stereocenters. The second-order valence-corrected chi connectivity index (χ2v) is 10.4. The molecule has 2 unspecified atom stereocenters. The first kappa shape index (κ1) is 18.5. The molecule has 1 aliphatic heterocycles. The first-order valence-corrected chi connectivity index (χ1v) is 11.0. The van der Waals surface area contributed by atoms with Crippen LogP contribution in [-0.2, 0) is 19.2 Å². The second-order valence-electron chi connectivity index (χ2n) is 5.79. The van der Waals surface area contributed by atoms with E-state index in [-0.39, 0.29) is 51.9 Å². The summed E-state index contributed by atoms with van der Waals surface area (Å²) in [7, 11) is 0.253. The van der Waals surface area contributed by atoms with Crippen molar-refractivity contribution in [2.24, 2.45) is 0 Å². The van der Waals surface area contributed by atoms with Crippen molar-refractivity contribution in [1.29, 1.82) is 0 Å². The van der Waals surface area contributed by atoms with Gasteiger partial charge < -0.3 is 24.8 Å². The van der Waals surface area contributed by atoms with Crippen molar-refractivity contribution in [1.82, 2.24) is 0 Å². The minimum atomic E-state index is -0.0224. The van der Waals surface area contributed by atoms with Gasteiger partial charge in [0.2, 0.25) is 0 Å². The van der Waals surface area contributed by atoms with Crippen molar-refractivity contribution in [2.45, 2.75) is 24.0 Å². The zero-order valence-corrected chi connectivity index (χ0v) is 16.6. The summed E-state index contributed by atoms with van der Waals surface area (Å²) in [4.78, 5) is 0. The van der Waals surface area contributed by atoms with E-state index in [1.165, 1.54) is 30.7 Å². The first-order chi connectivity index (χ1) is 9.86. The van der Waals surface area contributed by atoms with Gasteiger partial charge in [-0.15, -0.1) is 0 Å². The first-order valence-electron chi connectivity index (χ1n) is 7.58. The number of fused-ring (bicyclic) bond motifs is 2. The molecule has 0 bridgehead atoms. The Morgan fingerprint density at radius 2 is 2.05 bits per heavy atom. The molecule has 4 heteroatoms. The summed E-state index contributed by atoms with van der Waals surface area (Å²) in [5.41, 5.74) is 4.79. The van der Waals surface area contributed by atoms with Gasteiger partial charge in [0.15, 0.2) is 0 Å². The zero-order valence-electron chi connectivity index (χ0n) is 12.7. The maximum absolute atomic E-state index is 2.53. The van der Waals surface area contributed by atoms with Gasteiger partial charge in [-0.25, -0.2) is 0 Å². The molecule has 0 amide bonds. The molecule has 22 heavy (non-hydrogen) atoms. The van der Waals surface area contributed by atoms with Gasteiger partial charge in [-0.1, -0.05) is 0 Å². The van der Waals surface area contributed by atoms with Crippen molar-refractivity contribution < 1.29 is 44.0 Å². The summed E-state index contributed by atoms with van der Waals surface area (Å²) in [6, 6.07) is 8.97. The number of rotatable bonds is 4. The summed E-state index contributed by atoms with van der Waals surface area (Å²) in [6.45, 7) is 2.34. The van der Waals surface area contributed by atoms with E-state index in [1.807, 2.05) is 9.19 Å². The molecular weight excluding hydrogens is 366 g/mol. The molecule has 0 saturated carbocycles. The number of hydrogen-bond donors (Lipinski definition) is 0. The molecule has 3 aliphatic rings. The SMILES string of the molecule is CCCP1CC2=CC[C]([Ti+2][CH]3C=Cc4ccccc43)=C21.[Cl-].[Cl-]. The minimum Gasteiger partial charge on any atom is -1.00 e. The number of benzene rings is 1. The van der Waals surface area contributed by atoms with Gasteiger partial charge in [0, 0.05) is 0 Å². The number of allylic oxidation sites excluding steroid dienone is 5. The predicted octanol–water partition coefficient (Wildman–Crippen LogP) is -0.708. The van der Waals surface area contributed by atoms with Crippen LogP contribution >= 0.6 is 7.92 Å².